The SMILES string of the molecule is OC(COc1ccccc1CNCCCCCN1CCOCC1)CN1CCSCC1. The van der Waals surface area contributed by atoms with Gasteiger partial charge in [0.1, 0.15) is 18.5 Å². The lowest BCUT2D eigenvalue weighted by Gasteiger charge is -2.28. The monoisotopic (exact) mass is 437 g/mol. The Kier molecular flexibility index (Phi) is 11.3. The van der Waals surface area contributed by atoms with Gasteiger partial charge in [-0.1, -0.05) is 24.6 Å². The molecule has 7 heteroatoms. The van der Waals surface area contributed by atoms with Crippen LogP contribution in [0.5, 0.6) is 5.75 Å². The van der Waals surface area contributed by atoms with Crippen molar-refractivity contribution in [3.05, 3.63) is 29.8 Å². The molecule has 0 bridgehead atoms. The number of benzene rings is 1. The van der Waals surface area contributed by atoms with Gasteiger partial charge >= 0.3 is 0 Å². The summed E-state index contributed by atoms with van der Waals surface area (Å²) < 4.78 is 11.4. The number of ether oxygens (including phenoxy) is 2. The summed E-state index contributed by atoms with van der Waals surface area (Å²) in [5.41, 5.74) is 1.16. The van der Waals surface area contributed by atoms with Crippen LogP contribution in [0.4, 0.5) is 0 Å². The molecular weight excluding hydrogens is 398 g/mol. The molecule has 1 aromatic carbocycles. The highest BCUT2D eigenvalue weighted by Crippen LogP contribution is 2.18. The minimum atomic E-state index is -0.444. The molecule has 2 aliphatic heterocycles. The Balaban J connectivity index is 1.27. The van der Waals surface area contributed by atoms with E-state index < -0.39 is 6.10 Å². The van der Waals surface area contributed by atoms with Gasteiger partial charge in [0.25, 0.3) is 0 Å². The topological polar surface area (TPSA) is 57.2 Å². The van der Waals surface area contributed by atoms with Crippen LogP contribution >= 0.6 is 11.8 Å². The molecule has 0 spiro atoms. The maximum atomic E-state index is 10.3. The van der Waals surface area contributed by atoms with Crippen LogP contribution in [0.3, 0.4) is 0 Å². The lowest BCUT2D eigenvalue weighted by atomic mass is 10.2. The van der Waals surface area contributed by atoms with Crippen molar-refractivity contribution in [1.29, 1.82) is 0 Å². The van der Waals surface area contributed by atoms with Gasteiger partial charge in [0.05, 0.1) is 13.2 Å². The number of aliphatic hydroxyl groups is 1. The molecule has 2 fully saturated rings. The van der Waals surface area contributed by atoms with Crippen LogP contribution in [0.25, 0.3) is 0 Å². The number of morpholine rings is 1. The van der Waals surface area contributed by atoms with Gasteiger partial charge in [0, 0.05) is 56.3 Å². The van der Waals surface area contributed by atoms with E-state index in [0.29, 0.717) is 13.2 Å². The van der Waals surface area contributed by atoms with E-state index >= 15 is 0 Å². The minimum Gasteiger partial charge on any atom is -0.491 e. The zero-order chi connectivity index (χ0) is 20.9. The Labute approximate surface area is 186 Å². The molecular formula is C23H39N3O3S. The summed E-state index contributed by atoms with van der Waals surface area (Å²) in [4.78, 5) is 4.83. The van der Waals surface area contributed by atoms with Crippen LogP contribution in [0.2, 0.25) is 0 Å². The maximum absolute atomic E-state index is 10.3. The second-order valence-corrected chi connectivity index (χ2v) is 9.40. The number of nitrogens with one attached hydrogen (secondary N) is 1. The van der Waals surface area contributed by atoms with Crippen molar-refractivity contribution in [2.24, 2.45) is 0 Å². The Bertz CT molecular complexity index is 581. The minimum absolute atomic E-state index is 0.349. The van der Waals surface area contributed by atoms with Crippen molar-refractivity contribution < 1.29 is 14.6 Å². The smallest absolute Gasteiger partial charge is 0.123 e. The number of thioether (sulfide) groups is 1. The van der Waals surface area contributed by atoms with Gasteiger partial charge < -0.3 is 19.9 Å². The van der Waals surface area contributed by atoms with Gasteiger partial charge in [-0.2, -0.15) is 11.8 Å². The summed E-state index contributed by atoms with van der Waals surface area (Å²) in [7, 11) is 0. The van der Waals surface area contributed by atoms with Gasteiger partial charge in [-0.25, -0.2) is 0 Å². The van der Waals surface area contributed by atoms with E-state index in [0.717, 1.165) is 75.3 Å². The first kappa shape index (κ1) is 23.8. The highest BCUT2D eigenvalue weighted by atomic mass is 32.2. The third kappa shape index (κ3) is 9.12. The van der Waals surface area contributed by atoms with Crippen LogP contribution < -0.4 is 10.1 Å². The van der Waals surface area contributed by atoms with Crippen LogP contribution in [-0.2, 0) is 11.3 Å². The average molecular weight is 438 g/mol. The lowest BCUT2D eigenvalue weighted by molar-refractivity contribution is 0.0371. The standard InChI is InChI=1S/C23H39N3O3S/c27-22(19-26-12-16-30-17-13-26)20-29-23-7-3-2-6-21(23)18-24-8-4-1-5-9-25-10-14-28-15-11-25/h2-3,6-7,22,24,27H,1,4-5,8-20H2. The zero-order valence-electron chi connectivity index (χ0n) is 18.3. The third-order valence-electron chi connectivity index (χ3n) is 5.72. The molecule has 0 saturated carbocycles. The molecule has 2 N–H and O–H groups in total. The molecule has 1 unspecified atom stereocenters. The molecule has 2 heterocycles. The summed E-state index contributed by atoms with van der Waals surface area (Å²) in [5, 5.41) is 13.9. The van der Waals surface area contributed by atoms with Crippen molar-refractivity contribution in [1.82, 2.24) is 15.1 Å². The summed E-state index contributed by atoms with van der Waals surface area (Å²) >= 11 is 1.99. The second-order valence-electron chi connectivity index (χ2n) is 8.18. The maximum Gasteiger partial charge on any atom is 0.123 e. The molecule has 1 atom stereocenters. The summed E-state index contributed by atoms with van der Waals surface area (Å²) in [5.74, 6) is 3.20. The summed E-state index contributed by atoms with van der Waals surface area (Å²) in [6, 6.07) is 8.16. The van der Waals surface area contributed by atoms with E-state index in [2.05, 4.69) is 21.2 Å². The molecule has 0 aromatic heterocycles. The van der Waals surface area contributed by atoms with Crippen LogP contribution in [-0.4, -0.2) is 98.1 Å². The molecule has 6 nitrogen and oxygen atoms in total. The van der Waals surface area contributed by atoms with E-state index in [1.165, 1.54) is 25.8 Å². The van der Waals surface area contributed by atoms with E-state index in [1.807, 2.05) is 30.0 Å². The van der Waals surface area contributed by atoms with E-state index in [1.54, 1.807) is 0 Å². The van der Waals surface area contributed by atoms with Crippen molar-refractivity contribution in [2.45, 2.75) is 31.9 Å². The van der Waals surface area contributed by atoms with Crippen molar-refractivity contribution in [2.75, 3.05) is 77.1 Å². The van der Waals surface area contributed by atoms with Crippen LogP contribution in [0.1, 0.15) is 24.8 Å². The molecule has 1 aromatic rings. The zero-order valence-corrected chi connectivity index (χ0v) is 19.1. The molecule has 0 amide bonds. The molecule has 3 rings (SSSR count). The first-order valence-electron chi connectivity index (χ1n) is 11.5. The largest absolute Gasteiger partial charge is 0.491 e. The lowest BCUT2D eigenvalue weighted by Crippen LogP contribution is -2.40. The number of rotatable bonds is 13. The average Bonchev–Trinajstić information content (AvgIpc) is 2.79. The number of para-hydroxylation sites is 1. The van der Waals surface area contributed by atoms with Crippen molar-refractivity contribution in [3.8, 4) is 5.75 Å². The van der Waals surface area contributed by atoms with Gasteiger partial charge in [-0.15, -0.1) is 0 Å². The van der Waals surface area contributed by atoms with E-state index in [4.69, 9.17) is 9.47 Å². The van der Waals surface area contributed by atoms with Gasteiger partial charge in [-0.05, 0) is 32.0 Å². The quantitative estimate of drug-likeness (QED) is 0.458. The van der Waals surface area contributed by atoms with Crippen LogP contribution in [0, 0.1) is 0 Å². The number of hydrogen-bond acceptors (Lipinski definition) is 7. The highest BCUT2D eigenvalue weighted by molar-refractivity contribution is 7.99. The molecule has 2 aliphatic rings. The predicted octanol–water partition coefficient (Wildman–Crippen LogP) is 2.07. The van der Waals surface area contributed by atoms with Crippen molar-refractivity contribution >= 4 is 11.8 Å². The van der Waals surface area contributed by atoms with Crippen LogP contribution in [0.15, 0.2) is 24.3 Å². The highest BCUT2D eigenvalue weighted by Gasteiger charge is 2.16. The Hall–Kier alpha value is -0.830. The van der Waals surface area contributed by atoms with Gasteiger partial charge in [0.15, 0.2) is 0 Å². The predicted molar refractivity (Wildman–Crippen MR) is 125 cm³/mol. The molecule has 2 saturated heterocycles. The number of unbranched alkanes of at least 4 members (excludes halogenated alkanes) is 2. The number of aliphatic hydroxyl groups excluding tert-OH is 1. The molecule has 0 radical (unpaired) electrons. The Morgan fingerprint density at radius 1 is 1.03 bits per heavy atom. The second kappa shape index (κ2) is 14.3. The van der Waals surface area contributed by atoms with E-state index in [9.17, 15) is 5.11 Å². The number of hydrogen-bond donors (Lipinski definition) is 2. The fraction of sp³-hybridized carbons (Fsp3) is 0.739. The first-order valence-corrected chi connectivity index (χ1v) is 12.7. The fourth-order valence-corrected chi connectivity index (χ4v) is 4.90. The summed E-state index contributed by atoms with van der Waals surface area (Å²) in [6.07, 6.45) is 3.26. The number of nitrogens with zero attached hydrogens (tertiary/aromatic N) is 2. The van der Waals surface area contributed by atoms with Gasteiger partial charge in [-0.3, -0.25) is 9.80 Å². The summed E-state index contributed by atoms with van der Waals surface area (Å²) in [6.45, 7) is 10.1. The first-order chi connectivity index (χ1) is 14.8. The Morgan fingerprint density at radius 2 is 1.83 bits per heavy atom. The third-order valence-corrected chi connectivity index (χ3v) is 6.67. The van der Waals surface area contributed by atoms with Crippen molar-refractivity contribution in [3.63, 3.8) is 0 Å². The number of β-amino-alcohol motifs (C(OH)–C–C–N with tert-alkyl or cyclic N) is 1. The fourth-order valence-electron chi connectivity index (χ4n) is 3.92. The molecule has 30 heavy (non-hydrogen) atoms. The van der Waals surface area contributed by atoms with Gasteiger partial charge in [0.2, 0.25) is 0 Å². The van der Waals surface area contributed by atoms with E-state index in [-0.39, 0.29) is 0 Å². The molecule has 0 aliphatic carbocycles. The Morgan fingerprint density at radius 3 is 2.67 bits per heavy atom. The molecule has 170 valence electrons. The normalized spacial score (nSPS) is 19.6.